The van der Waals surface area contributed by atoms with Crippen molar-refractivity contribution in [3.8, 4) is 0 Å². The summed E-state index contributed by atoms with van der Waals surface area (Å²) >= 11 is 0. The quantitative estimate of drug-likeness (QED) is 0.449. The third-order valence-electron chi connectivity index (χ3n) is 7.64. The topological polar surface area (TPSA) is 44.4 Å². The Morgan fingerprint density at radius 2 is 1.38 bits per heavy atom. The lowest BCUT2D eigenvalue weighted by Crippen LogP contribution is -2.53. The van der Waals surface area contributed by atoms with Crippen LogP contribution in [-0.2, 0) is 5.54 Å². The van der Waals surface area contributed by atoms with E-state index >= 15 is 0 Å². The number of carbonyl (C=O) groups excluding carboxylic acids is 1. The smallest absolute Gasteiger partial charge is 0.253 e. The summed E-state index contributed by atoms with van der Waals surface area (Å²) in [6.45, 7) is 2.37. The minimum Gasteiger partial charge on any atom is -0.355 e. The van der Waals surface area contributed by atoms with E-state index in [0.717, 1.165) is 37.1 Å². The molecule has 3 aromatic carbocycles. The van der Waals surface area contributed by atoms with Crippen molar-refractivity contribution in [1.82, 2.24) is 10.2 Å². The standard InChI is InChI=1S/C30H35N3O/c34-29(27-16-8-9-17-28(27)31-25-14-6-2-7-15-25)32-26-18-20-30(21-19-26,24-12-4-1-5-13-24)33-22-10-3-11-23-33/h1-2,4-9,12-17,26,31H,3,10-11,18-23H2,(H,32,34). The second-order valence-electron chi connectivity index (χ2n) is 9.73. The molecule has 0 spiro atoms. The van der Waals surface area contributed by atoms with Crippen LogP contribution in [0.4, 0.5) is 11.4 Å². The Morgan fingerprint density at radius 3 is 2.09 bits per heavy atom. The summed E-state index contributed by atoms with van der Waals surface area (Å²) in [5.41, 5.74) is 4.07. The van der Waals surface area contributed by atoms with Gasteiger partial charge in [-0.2, -0.15) is 0 Å². The largest absolute Gasteiger partial charge is 0.355 e. The lowest BCUT2D eigenvalue weighted by Gasteiger charge is -2.50. The van der Waals surface area contributed by atoms with Crippen LogP contribution < -0.4 is 10.6 Å². The summed E-state index contributed by atoms with van der Waals surface area (Å²) in [5, 5.41) is 6.76. The number of para-hydroxylation sites is 2. The second kappa shape index (κ2) is 10.4. The lowest BCUT2D eigenvalue weighted by atomic mass is 9.73. The van der Waals surface area contributed by atoms with E-state index in [-0.39, 0.29) is 17.5 Å². The first-order chi connectivity index (χ1) is 16.7. The number of carbonyl (C=O) groups is 1. The summed E-state index contributed by atoms with van der Waals surface area (Å²) in [4.78, 5) is 16.0. The van der Waals surface area contributed by atoms with Crippen LogP contribution in [0.3, 0.4) is 0 Å². The molecule has 0 atom stereocenters. The van der Waals surface area contributed by atoms with Gasteiger partial charge in [-0.1, -0.05) is 67.1 Å². The van der Waals surface area contributed by atoms with E-state index < -0.39 is 0 Å². The molecule has 4 heteroatoms. The number of hydrogen-bond donors (Lipinski definition) is 2. The van der Waals surface area contributed by atoms with E-state index in [1.165, 1.54) is 37.9 Å². The van der Waals surface area contributed by atoms with Crippen LogP contribution in [0.1, 0.15) is 60.9 Å². The fourth-order valence-electron chi connectivity index (χ4n) is 5.83. The maximum absolute atomic E-state index is 13.3. The molecule has 0 unspecified atom stereocenters. The Balaban J connectivity index is 1.28. The highest BCUT2D eigenvalue weighted by atomic mass is 16.1. The number of piperidine rings is 1. The van der Waals surface area contributed by atoms with Gasteiger partial charge in [0.25, 0.3) is 5.91 Å². The third kappa shape index (κ3) is 4.88. The number of nitrogens with one attached hydrogen (secondary N) is 2. The molecule has 0 radical (unpaired) electrons. The average molecular weight is 454 g/mol. The molecular formula is C30H35N3O. The van der Waals surface area contributed by atoms with E-state index in [9.17, 15) is 4.79 Å². The van der Waals surface area contributed by atoms with Gasteiger partial charge in [-0.15, -0.1) is 0 Å². The van der Waals surface area contributed by atoms with Crippen molar-refractivity contribution in [3.05, 3.63) is 96.1 Å². The second-order valence-corrected chi connectivity index (χ2v) is 9.73. The van der Waals surface area contributed by atoms with Crippen LogP contribution in [0.25, 0.3) is 0 Å². The molecule has 4 nitrogen and oxygen atoms in total. The molecule has 0 aromatic heterocycles. The van der Waals surface area contributed by atoms with Crippen molar-refractivity contribution in [2.24, 2.45) is 0 Å². The zero-order valence-electron chi connectivity index (χ0n) is 19.9. The highest BCUT2D eigenvalue weighted by molar-refractivity contribution is 6.00. The van der Waals surface area contributed by atoms with Crippen molar-refractivity contribution in [3.63, 3.8) is 0 Å². The number of amides is 1. The molecule has 2 fully saturated rings. The van der Waals surface area contributed by atoms with Gasteiger partial charge < -0.3 is 10.6 Å². The van der Waals surface area contributed by atoms with Gasteiger partial charge in [-0.05, 0) is 81.4 Å². The Kier molecular flexibility index (Phi) is 6.96. The lowest BCUT2D eigenvalue weighted by molar-refractivity contribution is 0.0227. The molecular weight excluding hydrogens is 418 g/mol. The fourth-order valence-corrected chi connectivity index (χ4v) is 5.83. The minimum absolute atomic E-state index is 0.00853. The normalized spacial score (nSPS) is 23.2. The summed E-state index contributed by atoms with van der Waals surface area (Å²) in [7, 11) is 0. The minimum atomic E-state index is 0.00853. The van der Waals surface area contributed by atoms with Crippen molar-refractivity contribution < 1.29 is 4.79 Å². The average Bonchev–Trinajstić information content (AvgIpc) is 2.91. The fraction of sp³-hybridized carbons (Fsp3) is 0.367. The molecule has 5 rings (SSSR count). The molecule has 3 aromatic rings. The number of likely N-dealkylation sites (tertiary alicyclic amines) is 1. The Bertz CT molecular complexity index is 1070. The molecule has 0 bridgehead atoms. The molecule has 1 aliphatic carbocycles. The molecule has 2 aliphatic rings. The first kappa shape index (κ1) is 22.7. The molecule has 2 N–H and O–H groups in total. The monoisotopic (exact) mass is 453 g/mol. The number of rotatable bonds is 6. The van der Waals surface area contributed by atoms with E-state index in [0.29, 0.717) is 5.56 Å². The third-order valence-corrected chi connectivity index (χ3v) is 7.64. The van der Waals surface area contributed by atoms with Gasteiger partial charge in [-0.3, -0.25) is 9.69 Å². The van der Waals surface area contributed by atoms with Gasteiger partial charge in [0.05, 0.1) is 11.3 Å². The molecule has 1 saturated heterocycles. The molecule has 1 heterocycles. The Morgan fingerprint density at radius 1 is 0.765 bits per heavy atom. The van der Waals surface area contributed by atoms with Crippen molar-refractivity contribution in [2.75, 3.05) is 18.4 Å². The molecule has 34 heavy (non-hydrogen) atoms. The zero-order valence-corrected chi connectivity index (χ0v) is 19.9. The summed E-state index contributed by atoms with van der Waals surface area (Å²) in [5.74, 6) is 0.00853. The Hall–Kier alpha value is -3.11. The van der Waals surface area contributed by atoms with Crippen LogP contribution in [-0.4, -0.2) is 29.9 Å². The van der Waals surface area contributed by atoms with Gasteiger partial charge in [0.2, 0.25) is 0 Å². The first-order valence-corrected chi connectivity index (χ1v) is 12.8. The van der Waals surface area contributed by atoms with Crippen LogP contribution in [0.5, 0.6) is 0 Å². The van der Waals surface area contributed by atoms with Crippen molar-refractivity contribution >= 4 is 17.3 Å². The summed E-state index contributed by atoms with van der Waals surface area (Å²) < 4.78 is 0. The van der Waals surface area contributed by atoms with Gasteiger partial charge >= 0.3 is 0 Å². The maximum Gasteiger partial charge on any atom is 0.253 e. The highest BCUT2D eigenvalue weighted by Gasteiger charge is 2.42. The summed E-state index contributed by atoms with van der Waals surface area (Å²) in [6, 6.07) is 29.1. The van der Waals surface area contributed by atoms with Gasteiger partial charge in [0, 0.05) is 17.3 Å². The van der Waals surface area contributed by atoms with E-state index in [4.69, 9.17) is 0 Å². The number of benzene rings is 3. The Labute approximate surface area is 203 Å². The maximum atomic E-state index is 13.3. The molecule has 1 saturated carbocycles. The summed E-state index contributed by atoms with van der Waals surface area (Å²) in [6.07, 6.45) is 8.12. The first-order valence-electron chi connectivity index (χ1n) is 12.8. The molecule has 176 valence electrons. The van der Waals surface area contributed by atoms with Crippen molar-refractivity contribution in [1.29, 1.82) is 0 Å². The number of anilines is 2. The predicted octanol–water partition coefficient (Wildman–Crippen LogP) is 6.48. The van der Waals surface area contributed by atoms with Gasteiger partial charge in [0.15, 0.2) is 0 Å². The van der Waals surface area contributed by atoms with Crippen molar-refractivity contribution in [2.45, 2.75) is 56.5 Å². The van der Waals surface area contributed by atoms with Crippen LogP contribution in [0.2, 0.25) is 0 Å². The number of hydrogen-bond acceptors (Lipinski definition) is 3. The van der Waals surface area contributed by atoms with Gasteiger partial charge in [-0.25, -0.2) is 0 Å². The highest BCUT2D eigenvalue weighted by Crippen LogP contribution is 2.43. The predicted molar refractivity (Wildman–Crippen MR) is 139 cm³/mol. The van der Waals surface area contributed by atoms with E-state index in [2.05, 4.69) is 45.9 Å². The van der Waals surface area contributed by atoms with Crippen LogP contribution in [0, 0.1) is 0 Å². The van der Waals surface area contributed by atoms with Crippen LogP contribution >= 0.6 is 0 Å². The SMILES string of the molecule is O=C(NC1CCC(c2ccccc2)(N2CCCCC2)CC1)c1ccccc1Nc1ccccc1. The van der Waals surface area contributed by atoms with Gasteiger partial charge in [0.1, 0.15) is 0 Å². The zero-order chi connectivity index (χ0) is 23.2. The van der Waals surface area contributed by atoms with E-state index in [1.807, 2.05) is 54.6 Å². The molecule has 1 aliphatic heterocycles. The van der Waals surface area contributed by atoms with E-state index in [1.54, 1.807) is 0 Å². The number of nitrogens with zero attached hydrogens (tertiary/aromatic N) is 1. The van der Waals surface area contributed by atoms with Crippen LogP contribution in [0.15, 0.2) is 84.9 Å². The molecule has 1 amide bonds.